The summed E-state index contributed by atoms with van der Waals surface area (Å²) in [6.07, 6.45) is 0. The summed E-state index contributed by atoms with van der Waals surface area (Å²) in [7, 11) is 5.66. The molecule has 0 atom stereocenters. The fourth-order valence-electron chi connectivity index (χ4n) is 1.91. The lowest BCUT2D eigenvalue weighted by molar-refractivity contribution is 0.460. The first-order chi connectivity index (χ1) is 10.7. The van der Waals surface area contributed by atoms with Gasteiger partial charge in [-0.15, -0.1) is 0 Å². The third-order valence-electron chi connectivity index (χ3n) is 2.97. The highest BCUT2D eigenvalue weighted by Crippen LogP contribution is 2.28. The molecule has 0 heterocycles. The molecule has 0 N–H and O–H groups in total. The first-order valence-electron chi connectivity index (χ1n) is 6.76. The first kappa shape index (κ1) is 14.5. The first-order valence-corrected chi connectivity index (χ1v) is 7.14. The molecule has 0 unspecified atom stereocenters. The SMILES string of the molecule is [B]c1ccc(Oc2cccc(Oc3ccc(Cl)cc3)c2)cc1. The van der Waals surface area contributed by atoms with Crippen LogP contribution in [-0.4, -0.2) is 7.85 Å². The number of halogens is 1. The second-order valence-electron chi connectivity index (χ2n) is 4.70. The predicted molar refractivity (Wildman–Crippen MR) is 89.9 cm³/mol. The Bertz CT molecular complexity index is 692. The summed E-state index contributed by atoms with van der Waals surface area (Å²) in [5.74, 6) is 2.82. The number of hydrogen-bond donors (Lipinski definition) is 0. The molecule has 0 bridgehead atoms. The Morgan fingerprint density at radius 1 is 0.636 bits per heavy atom. The molecule has 2 radical (unpaired) electrons. The summed E-state index contributed by atoms with van der Waals surface area (Å²) < 4.78 is 11.5. The average molecular weight is 307 g/mol. The number of hydrogen-bond acceptors (Lipinski definition) is 2. The van der Waals surface area contributed by atoms with Crippen LogP contribution in [0.1, 0.15) is 0 Å². The number of ether oxygens (including phenoxy) is 2. The Morgan fingerprint density at radius 3 is 1.68 bits per heavy atom. The molecule has 0 aliphatic rings. The summed E-state index contributed by atoms with van der Waals surface area (Å²) in [5, 5.41) is 0.674. The molecular weight excluding hydrogens is 294 g/mol. The van der Waals surface area contributed by atoms with Crippen molar-refractivity contribution in [1.29, 1.82) is 0 Å². The third-order valence-corrected chi connectivity index (χ3v) is 3.22. The summed E-state index contributed by atoms with van der Waals surface area (Å²) in [6.45, 7) is 0. The minimum atomic E-state index is 0.674. The van der Waals surface area contributed by atoms with Crippen LogP contribution in [0.2, 0.25) is 5.02 Å². The molecule has 3 rings (SSSR count). The second-order valence-corrected chi connectivity index (χ2v) is 5.14. The molecule has 4 heteroatoms. The van der Waals surface area contributed by atoms with Crippen LogP contribution >= 0.6 is 11.6 Å². The molecule has 3 aromatic carbocycles. The summed E-state index contributed by atoms with van der Waals surface area (Å²) in [4.78, 5) is 0. The Morgan fingerprint density at radius 2 is 1.14 bits per heavy atom. The van der Waals surface area contributed by atoms with Crippen molar-refractivity contribution in [2.75, 3.05) is 0 Å². The van der Waals surface area contributed by atoms with E-state index in [1.165, 1.54) is 0 Å². The molecule has 22 heavy (non-hydrogen) atoms. The molecule has 2 nitrogen and oxygen atoms in total. The molecule has 0 spiro atoms. The van der Waals surface area contributed by atoms with Gasteiger partial charge in [-0.25, -0.2) is 0 Å². The highest BCUT2D eigenvalue weighted by molar-refractivity contribution is 6.32. The van der Waals surface area contributed by atoms with Crippen molar-refractivity contribution in [3.05, 3.63) is 77.8 Å². The van der Waals surface area contributed by atoms with E-state index in [4.69, 9.17) is 28.9 Å². The van der Waals surface area contributed by atoms with Gasteiger partial charge in [0.15, 0.2) is 0 Å². The molecular formula is C18H12BClO2. The van der Waals surface area contributed by atoms with E-state index < -0.39 is 0 Å². The van der Waals surface area contributed by atoms with Crippen molar-refractivity contribution in [1.82, 2.24) is 0 Å². The Kier molecular flexibility index (Phi) is 4.35. The maximum Gasteiger partial charge on any atom is 0.131 e. The summed E-state index contributed by atoms with van der Waals surface area (Å²) >= 11 is 5.86. The smallest absolute Gasteiger partial charge is 0.131 e. The van der Waals surface area contributed by atoms with Crippen LogP contribution in [0.5, 0.6) is 23.0 Å². The maximum atomic E-state index is 5.86. The zero-order valence-electron chi connectivity index (χ0n) is 11.7. The summed E-state index contributed by atoms with van der Waals surface area (Å²) in [6, 6.07) is 21.9. The van der Waals surface area contributed by atoms with E-state index in [0.717, 1.165) is 5.75 Å². The molecule has 0 aliphatic carbocycles. The predicted octanol–water partition coefficient (Wildman–Crippen LogP) is 4.72. The van der Waals surface area contributed by atoms with Crippen LogP contribution < -0.4 is 14.9 Å². The van der Waals surface area contributed by atoms with Crippen LogP contribution in [0.15, 0.2) is 72.8 Å². The molecule has 0 aliphatic heterocycles. The van der Waals surface area contributed by atoms with E-state index in [9.17, 15) is 0 Å². The van der Waals surface area contributed by atoms with Gasteiger partial charge in [0.05, 0.1) is 0 Å². The highest BCUT2D eigenvalue weighted by atomic mass is 35.5. The van der Waals surface area contributed by atoms with Crippen molar-refractivity contribution in [2.45, 2.75) is 0 Å². The number of rotatable bonds is 4. The second kappa shape index (κ2) is 6.59. The number of benzene rings is 3. The van der Waals surface area contributed by atoms with Crippen LogP contribution in [0.3, 0.4) is 0 Å². The third kappa shape index (κ3) is 3.83. The van der Waals surface area contributed by atoms with Gasteiger partial charge in [0, 0.05) is 11.1 Å². The van der Waals surface area contributed by atoms with Crippen LogP contribution in [0, 0.1) is 0 Å². The Balaban J connectivity index is 1.74. The molecule has 0 saturated heterocycles. The van der Waals surface area contributed by atoms with Gasteiger partial charge in [-0.1, -0.05) is 35.3 Å². The van der Waals surface area contributed by atoms with Gasteiger partial charge in [-0.05, 0) is 48.5 Å². The molecule has 0 fully saturated rings. The van der Waals surface area contributed by atoms with Crippen LogP contribution in [0.4, 0.5) is 0 Å². The van der Waals surface area contributed by atoms with Crippen molar-refractivity contribution in [3.8, 4) is 23.0 Å². The highest BCUT2D eigenvalue weighted by Gasteiger charge is 2.02. The van der Waals surface area contributed by atoms with E-state index in [1.54, 1.807) is 24.3 Å². The van der Waals surface area contributed by atoms with E-state index in [1.807, 2.05) is 48.5 Å². The topological polar surface area (TPSA) is 18.5 Å². The van der Waals surface area contributed by atoms with Gasteiger partial charge in [-0.2, -0.15) is 0 Å². The fourth-order valence-corrected chi connectivity index (χ4v) is 2.04. The van der Waals surface area contributed by atoms with Gasteiger partial charge in [0.25, 0.3) is 0 Å². The normalized spacial score (nSPS) is 10.2. The van der Waals surface area contributed by atoms with Gasteiger partial charge >= 0.3 is 0 Å². The van der Waals surface area contributed by atoms with Gasteiger partial charge in [0.2, 0.25) is 0 Å². The maximum absolute atomic E-state index is 5.86. The van der Waals surface area contributed by atoms with Crippen molar-refractivity contribution in [2.24, 2.45) is 0 Å². The van der Waals surface area contributed by atoms with Crippen LogP contribution in [-0.2, 0) is 0 Å². The summed E-state index contributed by atoms with van der Waals surface area (Å²) in [5.41, 5.74) is 0.701. The molecule has 106 valence electrons. The van der Waals surface area contributed by atoms with Crippen molar-refractivity contribution < 1.29 is 9.47 Å². The Labute approximate surface area is 135 Å². The van der Waals surface area contributed by atoms with E-state index >= 15 is 0 Å². The van der Waals surface area contributed by atoms with Gasteiger partial charge in [-0.3, -0.25) is 0 Å². The van der Waals surface area contributed by atoms with Crippen molar-refractivity contribution in [3.63, 3.8) is 0 Å². The largest absolute Gasteiger partial charge is 0.457 e. The van der Waals surface area contributed by atoms with E-state index in [2.05, 4.69) is 0 Å². The monoisotopic (exact) mass is 306 g/mol. The zero-order chi connectivity index (χ0) is 15.4. The quantitative estimate of drug-likeness (QED) is 0.649. The minimum absolute atomic E-state index is 0.674. The lowest BCUT2D eigenvalue weighted by Crippen LogP contribution is -1.99. The van der Waals surface area contributed by atoms with E-state index in [0.29, 0.717) is 27.7 Å². The molecule has 3 aromatic rings. The minimum Gasteiger partial charge on any atom is -0.457 e. The van der Waals surface area contributed by atoms with Gasteiger partial charge in [0.1, 0.15) is 30.8 Å². The Hall–Kier alpha value is -2.39. The average Bonchev–Trinajstić information content (AvgIpc) is 2.52. The molecule has 0 saturated carbocycles. The lowest BCUT2D eigenvalue weighted by atomic mass is 9.97. The zero-order valence-corrected chi connectivity index (χ0v) is 12.5. The molecule has 0 aromatic heterocycles. The fraction of sp³-hybridized carbons (Fsp3) is 0. The lowest BCUT2D eigenvalue weighted by Gasteiger charge is -2.09. The molecule has 0 amide bonds. The van der Waals surface area contributed by atoms with Gasteiger partial charge < -0.3 is 9.47 Å². The van der Waals surface area contributed by atoms with Crippen LogP contribution in [0.25, 0.3) is 0 Å². The van der Waals surface area contributed by atoms with E-state index in [-0.39, 0.29) is 0 Å². The standard InChI is InChI=1S/C18H12BClO2/c19-13-4-8-15(9-5-13)21-17-2-1-3-18(12-17)22-16-10-6-14(20)7-11-16/h1-12H. The van der Waals surface area contributed by atoms with Crippen molar-refractivity contribution >= 4 is 24.9 Å².